The van der Waals surface area contributed by atoms with E-state index in [4.69, 9.17) is 14.8 Å². The van der Waals surface area contributed by atoms with Gasteiger partial charge in [-0.1, -0.05) is 26.0 Å². The van der Waals surface area contributed by atoms with Crippen molar-refractivity contribution in [3.8, 4) is 5.75 Å². The van der Waals surface area contributed by atoms with Crippen LogP contribution in [-0.2, 0) is 0 Å². The van der Waals surface area contributed by atoms with Crippen LogP contribution in [0.15, 0.2) is 24.3 Å². The number of hydrogen-bond donors (Lipinski definition) is 2. The molecule has 0 spiro atoms. The molecule has 0 unspecified atom stereocenters. The van der Waals surface area contributed by atoms with Crippen molar-refractivity contribution in [1.29, 1.82) is 0 Å². The molecule has 5 heteroatoms. The van der Waals surface area contributed by atoms with Gasteiger partial charge in [0.05, 0.1) is 0 Å². The Balaban J connectivity index is 1.79. The van der Waals surface area contributed by atoms with Gasteiger partial charge in [0.25, 0.3) is 0 Å². The van der Waals surface area contributed by atoms with Crippen LogP contribution in [0.4, 0.5) is 0 Å². The van der Waals surface area contributed by atoms with Crippen LogP contribution in [0.5, 0.6) is 5.75 Å². The molecule has 1 aromatic carbocycles. The van der Waals surface area contributed by atoms with Gasteiger partial charge in [0.2, 0.25) is 0 Å². The van der Waals surface area contributed by atoms with Gasteiger partial charge in [-0.15, -0.1) is 0 Å². The summed E-state index contributed by atoms with van der Waals surface area (Å²) in [7, 11) is -1.44. The van der Waals surface area contributed by atoms with Crippen LogP contribution in [0.1, 0.15) is 26.7 Å². The lowest BCUT2D eigenvalue weighted by molar-refractivity contribution is 0.102. The maximum absolute atomic E-state index is 9.13. The summed E-state index contributed by atoms with van der Waals surface area (Å²) in [6.07, 6.45) is 2.54. The minimum atomic E-state index is -1.44. The average Bonchev–Trinajstić information content (AvgIpc) is 2.38. The van der Waals surface area contributed by atoms with E-state index >= 15 is 0 Å². The van der Waals surface area contributed by atoms with E-state index in [1.165, 1.54) is 12.8 Å². The Morgan fingerprint density at radius 3 is 2.85 bits per heavy atom. The highest BCUT2D eigenvalue weighted by Crippen LogP contribution is 2.28. The standard InChI is InChI=1S/C15H24BNO3/c1-15(2)7-4-8-17(12-15)9-10-20-14-6-3-5-13(11-14)16(18)19/h3,5-6,11,18-19H,4,7-10,12H2,1-2H3. The fourth-order valence-electron chi connectivity index (χ4n) is 2.79. The molecule has 20 heavy (non-hydrogen) atoms. The number of likely N-dealkylation sites (tertiary alicyclic amines) is 1. The third kappa shape index (κ3) is 4.51. The van der Waals surface area contributed by atoms with Crippen LogP contribution in [0.3, 0.4) is 0 Å². The molecule has 110 valence electrons. The second-order valence-corrected chi connectivity index (χ2v) is 6.34. The monoisotopic (exact) mass is 277 g/mol. The maximum atomic E-state index is 9.13. The summed E-state index contributed by atoms with van der Waals surface area (Å²) >= 11 is 0. The third-order valence-corrected chi connectivity index (χ3v) is 3.81. The molecule has 1 heterocycles. The van der Waals surface area contributed by atoms with Crippen molar-refractivity contribution in [2.75, 3.05) is 26.2 Å². The number of piperidine rings is 1. The first-order chi connectivity index (χ1) is 9.46. The first-order valence-electron chi connectivity index (χ1n) is 7.28. The second kappa shape index (κ2) is 6.61. The molecule has 4 nitrogen and oxygen atoms in total. The molecule has 2 N–H and O–H groups in total. The molecule has 0 saturated carbocycles. The molecule has 0 aliphatic carbocycles. The molecule has 0 bridgehead atoms. The Kier molecular flexibility index (Phi) is 5.08. The smallest absolute Gasteiger partial charge is 0.488 e. The highest BCUT2D eigenvalue weighted by atomic mass is 16.5. The van der Waals surface area contributed by atoms with Crippen molar-refractivity contribution >= 4 is 12.6 Å². The molecule has 1 aliphatic heterocycles. The van der Waals surface area contributed by atoms with E-state index in [0.717, 1.165) is 19.6 Å². The summed E-state index contributed by atoms with van der Waals surface area (Å²) in [6.45, 7) is 8.42. The van der Waals surface area contributed by atoms with Crippen LogP contribution in [0.2, 0.25) is 0 Å². The van der Waals surface area contributed by atoms with Crippen LogP contribution in [0, 0.1) is 5.41 Å². The number of nitrogens with zero attached hydrogens (tertiary/aromatic N) is 1. The Bertz CT molecular complexity index is 437. The lowest BCUT2D eigenvalue weighted by Crippen LogP contribution is -2.41. The minimum absolute atomic E-state index is 0.402. The highest BCUT2D eigenvalue weighted by molar-refractivity contribution is 6.58. The van der Waals surface area contributed by atoms with Gasteiger partial charge in [0.15, 0.2) is 0 Å². The van der Waals surface area contributed by atoms with Gasteiger partial charge in [-0.25, -0.2) is 0 Å². The molecule has 1 aliphatic rings. The molecule has 1 saturated heterocycles. The van der Waals surface area contributed by atoms with Gasteiger partial charge >= 0.3 is 7.12 Å². The molecule has 1 fully saturated rings. The number of ether oxygens (including phenoxy) is 1. The summed E-state index contributed by atoms with van der Waals surface area (Å²) in [6, 6.07) is 6.95. The number of benzene rings is 1. The van der Waals surface area contributed by atoms with Gasteiger partial charge in [-0.05, 0) is 42.4 Å². The lowest BCUT2D eigenvalue weighted by atomic mass is 9.80. The van der Waals surface area contributed by atoms with Crippen molar-refractivity contribution in [1.82, 2.24) is 4.90 Å². The fraction of sp³-hybridized carbons (Fsp3) is 0.600. The molecule has 1 aromatic rings. The average molecular weight is 277 g/mol. The van der Waals surface area contributed by atoms with E-state index in [2.05, 4.69) is 18.7 Å². The molecule has 0 radical (unpaired) electrons. The van der Waals surface area contributed by atoms with E-state index < -0.39 is 7.12 Å². The highest BCUT2D eigenvalue weighted by Gasteiger charge is 2.25. The third-order valence-electron chi connectivity index (χ3n) is 3.81. The number of rotatable bonds is 5. The van der Waals surface area contributed by atoms with Crippen molar-refractivity contribution in [3.63, 3.8) is 0 Å². The van der Waals surface area contributed by atoms with Crippen molar-refractivity contribution in [3.05, 3.63) is 24.3 Å². The van der Waals surface area contributed by atoms with Crippen LogP contribution < -0.4 is 10.2 Å². The van der Waals surface area contributed by atoms with Gasteiger partial charge in [0, 0.05) is 13.1 Å². The van der Waals surface area contributed by atoms with E-state index in [0.29, 0.717) is 23.2 Å². The summed E-state index contributed by atoms with van der Waals surface area (Å²) in [4.78, 5) is 2.44. The Labute approximate surface area is 121 Å². The molecular formula is C15H24BNO3. The van der Waals surface area contributed by atoms with Crippen LogP contribution in [-0.4, -0.2) is 48.3 Å². The number of hydrogen-bond acceptors (Lipinski definition) is 4. The minimum Gasteiger partial charge on any atom is -0.492 e. The van der Waals surface area contributed by atoms with Crippen molar-refractivity contribution in [2.24, 2.45) is 5.41 Å². The largest absolute Gasteiger partial charge is 0.492 e. The molecule has 0 atom stereocenters. The van der Waals surface area contributed by atoms with Crippen molar-refractivity contribution < 1.29 is 14.8 Å². The normalized spacial score (nSPS) is 18.8. The molecule has 2 rings (SSSR count). The van der Waals surface area contributed by atoms with E-state index in [1.54, 1.807) is 18.2 Å². The van der Waals surface area contributed by atoms with Gasteiger partial charge in [0.1, 0.15) is 12.4 Å². The fourth-order valence-corrected chi connectivity index (χ4v) is 2.79. The predicted octanol–water partition coefficient (Wildman–Crippen LogP) is 0.867. The summed E-state index contributed by atoms with van der Waals surface area (Å²) in [5.74, 6) is 0.687. The Hall–Kier alpha value is -1.04. The topological polar surface area (TPSA) is 52.9 Å². The van der Waals surface area contributed by atoms with Gasteiger partial charge < -0.3 is 14.8 Å². The molecular weight excluding hydrogens is 253 g/mol. The SMILES string of the molecule is CC1(C)CCCN(CCOc2cccc(B(O)O)c2)C1. The zero-order valence-electron chi connectivity index (χ0n) is 12.4. The van der Waals surface area contributed by atoms with E-state index in [1.807, 2.05) is 6.07 Å². The summed E-state index contributed by atoms with van der Waals surface area (Å²) in [5.41, 5.74) is 0.862. The van der Waals surface area contributed by atoms with E-state index in [9.17, 15) is 0 Å². The maximum Gasteiger partial charge on any atom is 0.488 e. The Morgan fingerprint density at radius 2 is 2.15 bits per heavy atom. The zero-order chi connectivity index (χ0) is 14.6. The van der Waals surface area contributed by atoms with Crippen LogP contribution in [0.25, 0.3) is 0 Å². The zero-order valence-corrected chi connectivity index (χ0v) is 12.4. The van der Waals surface area contributed by atoms with Crippen LogP contribution >= 0.6 is 0 Å². The predicted molar refractivity (Wildman–Crippen MR) is 81.2 cm³/mol. The molecule has 0 aromatic heterocycles. The molecule has 0 amide bonds. The van der Waals surface area contributed by atoms with Gasteiger partial charge in [-0.2, -0.15) is 0 Å². The lowest BCUT2D eigenvalue weighted by Gasteiger charge is -2.37. The first-order valence-corrected chi connectivity index (χ1v) is 7.28. The quantitative estimate of drug-likeness (QED) is 0.784. The summed E-state index contributed by atoms with van der Waals surface area (Å²) in [5, 5.41) is 18.3. The van der Waals surface area contributed by atoms with Gasteiger partial charge in [-0.3, -0.25) is 4.90 Å². The summed E-state index contributed by atoms with van der Waals surface area (Å²) < 4.78 is 5.70. The first kappa shape index (κ1) is 15.4. The van der Waals surface area contributed by atoms with E-state index in [-0.39, 0.29) is 0 Å². The Morgan fingerprint density at radius 1 is 1.35 bits per heavy atom. The second-order valence-electron chi connectivity index (χ2n) is 6.34. The van der Waals surface area contributed by atoms with Crippen molar-refractivity contribution in [2.45, 2.75) is 26.7 Å².